The second-order valence-electron chi connectivity index (χ2n) is 8.32. The van der Waals surface area contributed by atoms with Crippen molar-refractivity contribution in [1.82, 2.24) is 24.6 Å². The number of carbonyl (C=O) groups is 1. The number of aliphatic hydroxyl groups is 1. The van der Waals surface area contributed by atoms with Crippen LogP contribution in [0.5, 0.6) is 0 Å². The lowest BCUT2D eigenvalue weighted by Gasteiger charge is -2.51. The van der Waals surface area contributed by atoms with E-state index in [4.69, 9.17) is 4.98 Å². The van der Waals surface area contributed by atoms with Gasteiger partial charge in [0.1, 0.15) is 17.2 Å². The number of benzene rings is 1. The van der Waals surface area contributed by atoms with E-state index in [1.807, 2.05) is 29.7 Å². The van der Waals surface area contributed by atoms with Gasteiger partial charge < -0.3 is 14.6 Å². The number of hydrogen-bond acceptors (Lipinski definition) is 4. The summed E-state index contributed by atoms with van der Waals surface area (Å²) in [7, 11) is 0. The molecule has 32 heavy (non-hydrogen) atoms. The Morgan fingerprint density at radius 1 is 1.28 bits per heavy atom. The molecular weight excluding hydrogens is 409 g/mol. The highest BCUT2D eigenvalue weighted by Crippen LogP contribution is 2.42. The second-order valence-corrected chi connectivity index (χ2v) is 8.32. The first-order chi connectivity index (χ1) is 15.5. The number of carbonyl (C=O) groups excluding carboxylic acids is 1. The molecule has 0 unspecified atom stereocenters. The van der Waals surface area contributed by atoms with Crippen LogP contribution < -0.4 is 0 Å². The molecule has 4 heterocycles. The predicted octanol–water partition coefficient (Wildman–Crippen LogP) is 3.71. The zero-order valence-electron chi connectivity index (χ0n) is 17.8. The molecule has 7 nitrogen and oxygen atoms in total. The Labute approximate surface area is 184 Å². The van der Waals surface area contributed by atoms with E-state index in [2.05, 4.69) is 10.2 Å². The summed E-state index contributed by atoms with van der Waals surface area (Å²) in [5.74, 6) is -0.470. The highest BCUT2D eigenvalue weighted by atomic mass is 19.1. The summed E-state index contributed by atoms with van der Waals surface area (Å²) in [6.45, 7) is 2.92. The van der Waals surface area contributed by atoms with Gasteiger partial charge in [-0.15, -0.1) is 0 Å². The standard InChI is InChI=1S/C24H24FN5O2/c1-24(18-5-2-3-6-19(18)25)9-11-30(24)23(32)21-13-16-7-8-20(17-14-26-27-15-17)28-22(16)29(21)10-4-12-31/h2-3,5-8,13-15,31H,4,9-12H2,1H3,(H,26,27)/t24-/m1/s1. The molecule has 1 saturated heterocycles. The molecule has 1 amide bonds. The van der Waals surface area contributed by atoms with Gasteiger partial charge in [-0.3, -0.25) is 9.89 Å². The fourth-order valence-corrected chi connectivity index (χ4v) is 4.51. The van der Waals surface area contributed by atoms with Crippen molar-refractivity contribution in [1.29, 1.82) is 0 Å². The Kier molecular flexibility index (Phi) is 5.01. The van der Waals surface area contributed by atoms with Gasteiger partial charge >= 0.3 is 0 Å². The number of aryl methyl sites for hydroxylation is 1. The molecule has 2 N–H and O–H groups in total. The summed E-state index contributed by atoms with van der Waals surface area (Å²) < 4.78 is 16.4. The minimum atomic E-state index is -0.698. The molecule has 4 aromatic rings. The van der Waals surface area contributed by atoms with Crippen LogP contribution in [0.2, 0.25) is 0 Å². The van der Waals surface area contributed by atoms with Crippen molar-refractivity contribution in [3.05, 3.63) is 71.9 Å². The lowest BCUT2D eigenvalue weighted by Crippen LogP contribution is -2.58. The Morgan fingerprint density at radius 2 is 2.12 bits per heavy atom. The number of halogens is 1. The molecule has 1 aliphatic heterocycles. The van der Waals surface area contributed by atoms with E-state index in [0.717, 1.165) is 16.6 Å². The summed E-state index contributed by atoms with van der Waals surface area (Å²) in [4.78, 5) is 20.2. The minimum absolute atomic E-state index is 0.00534. The number of amides is 1. The lowest BCUT2D eigenvalue weighted by molar-refractivity contribution is 0.00168. The third-order valence-electron chi connectivity index (χ3n) is 6.41. The van der Waals surface area contributed by atoms with E-state index in [9.17, 15) is 14.3 Å². The Bertz CT molecular complexity index is 1280. The molecule has 1 fully saturated rings. The number of pyridine rings is 1. The smallest absolute Gasteiger partial charge is 0.271 e. The molecule has 1 aliphatic rings. The van der Waals surface area contributed by atoms with E-state index in [1.165, 1.54) is 6.07 Å². The summed E-state index contributed by atoms with van der Waals surface area (Å²) in [6, 6.07) is 12.3. The average Bonchev–Trinajstić information content (AvgIpc) is 3.44. The molecule has 3 aromatic heterocycles. The first-order valence-corrected chi connectivity index (χ1v) is 10.7. The molecule has 0 spiro atoms. The largest absolute Gasteiger partial charge is 0.396 e. The number of nitrogens with zero attached hydrogens (tertiary/aromatic N) is 4. The van der Waals surface area contributed by atoms with Crippen molar-refractivity contribution in [3.63, 3.8) is 0 Å². The molecule has 1 aromatic carbocycles. The third-order valence-corrected chi connectivity index (χ3v) is 6.41. The molecule has 0 aliphatic carbocycles. The maximum absolute atomic E-state index is 14.5. The lowest BCUT2D eigenvalue weighted by atomic mass is 9.79. The summed E-state index contributed by atoms with van der Waals surface area (Å²) in [6.07, 6.45) is 4.65. The van der Waals surface area contributed by atoms with Crippen LogP contribution in [0.15, 0.2) is 54.9 Å². The van der Waals surface area contributed by atoms with Gasteiger partial charge in [0.15, 0.2) is 0 Å². The topological polar surface area (TPSA) is 87.0 Å². The van der Waals surface area contributed by atoms with Crippen molar-refractivity contribution in [3.8, 4) is 11.3 Å². The summed E-state index contributed by atoms with van der Waals surface area (Å²) in [5.41, 5.74) is 2.59. The van der Waals surface area contributed by atoms with E-state index >= 15 is 0 Å². The number of aliphatic hydroxyl groups excluding tert-OH is 1. The summed E-state index contributed by atoms with van der Waals surface area (Å²) >= 11 is 0. The zero-order valence-corrected chi connectivity index (χ0v) is 17.8. The number of likely N-dealkylation sites (tertiary alicyclic amines) is 1. The van der Waals surface area contributed by atoms with E-state index in [0.29, 0.717) is 42.8 Å². The van der Waals surface area contributed by atoms with Crippen LogP contribution in [-0.4, -0.2) is 48.8 Å². The number of nitrogens with one attached hydrogen (secondary N) is 1. The fourth-order valence-electron chi connectivity index (χ4n) is 4.51. The molecule has 5 rings (SSSR count). The van der Waals surface area contributed by atoms with E-state index < -0.39 is 5.54 Å². The number of aromatic nitrogens is 4. The number of fused-ring (bicyclic) bond motifs is 1. The van der Waals surface area contributed by atoms with Crippen LogP contribution in [0, 0.1) is 5.82 Å². The monoisotopic (exact) mass is 433 g/mol. The average molecular weight is 433 g/mol. The Hall–Kier alpha value is -3.52. The van der Waals surface area contributed by atoms with Crippen LogP contribution in [0.3, 0.4) is 0 Å². The fraction of sp³-hybridized carbons (Fsp3) is 0.292. The normalized spacial score (nSPS) is 18.2. The van der Waals surface area contributed by atoms with Crippen LogP contribution in [0.1, 0.15) is 35.8 Å². The molecular formula is C24H24FN5O2. The van der Waals surface area contributed by atoms with Gasteiger partial charge in [0.25, 0.3) is 5.91 Å². The van der Waals surface area contributed by atoms with Crippen molar-refractivity contribution < 1.29 is 14.3 Å². The van der Waals surface area contributed by atoms with E-state index in [-0.39, 0.29) is 18.3 Å². The Balaban J connectivity index is 1.57. The van der Waals surface area contributed by atoms with Gasteiger partial charge in [0.05, 0.1) is 17.4 Å². The molecule has 164 valence electrons. The number of hydrogen-bond donors (Lipinski definition) is 2. The Morgan fingerprint density at radius 3 is 2.81 bits per heavy atom. The van der Waals surface area contributed by atoms with Gasteiger partial charge in [-0.25, -0.2) is 9.37 Å². The number of aromatic amines is 1. The second kappa shape index (κ2) is 7.87. The molecule has 0 radical (unpaired) electrons. The zero-order chi connectivity index (χ0) is 22.3. The van der Waals surface area contributed by atoms with E-state index in [1.54, 1.807) is 35.5 Å². The highest BCUT2D eigenvalue weighted by molar-refractivity contribution is 5.99. The predicted molar refractivity (Wildman–Crippen MR) is 118 cm³/mol. The molecule has 1 atom stereocenters. The van der Waals surface area contributed by atoms with Gasteiger partial charge in [-0.2, -0.15) is 5.10 Å². The number of H-pyrrole nitrogens is 1. The van der Waals surface area contributed by atoms with Crippen molar-refractivity contribution in [2.75, 3.05) is 13.2 Å². The van der Waals surface area contributed by atoms with Crippen LogP contribution in [-0.2, 0) is 12.1 Å². The summed E-state index contributed by atoms with van der Waals surface area (Å²) in [5, 5.41) is 17.0. The van der Waals surface area contributed by atoms with Crippen molar-refractivity contribution in [2.24, 2.45) is 0 Å². The SMILES string of the molecule is C[C@]1(c2ccccc2F)CCN1C(=O)c1cc2ccc(-c3cn[nH]c3)nc2n1CCCO. The van der Waals surface area contributed by atoms with Crippen LogP contribution >= 0.6 is 0 Å². The maximum Gasteiger partial charge on any atom is 0.271 e. The highest BCUT2D eigenvalue weighted by Gasteiger charge is 2.47. The van der Waals surface area contributed by atoms with Crippen LogP contribution in [0.4, 0.5) is 4.39 Å². The van der Waals surface area contributed by atoms with Crippen molar-refractivity contribution in [2.45, 2.75) is 31.8 Å². The van der Waals surface area contributed by atoms with Crippen molar-refractivity contribution >= 4 is 16.9 Å². The minimum Gasteiger partial charge on any atom is -0.396 e. The first-order valence-electron chi connectivity index (χ1n) is 10.7. The van der Waals surface area contributed by atoms with Gasteiger partial charge in [0.2, 0.25) is 0 Å². The third kappa shape index (κ3) is 3.18. The molecule has 0 bridgehead atoms. The maximum atomic E-state index is 14.5. The number of rotatable bonds is 6. The van der Waals surface area contributed by atoms with Crippen LogP contribution in [0.25, 0.3) is 22.3 Å². The molecule has 8 heteroatoms. The molecule has 0 saturated carbocycles. The quantitative estimate of drug-likeness (QED) is 0.485. The first kappa shape index (κ1) is 20.4. The van der Waals surface area contributed by atoms with Gasteiger partial charge in [-0.1, -0.05) is 18.2 Å². The van der Waals surface area contributed by atoms with Gasteiger partial charge in [0, 0.05) is 42.4 Å². The van der Waals surface area contributed by atoms with Gasteiger partial charge in [-0.05, 0) is 44.0 Å².